The lowest BCUT2D eigenvalue weighted by Gasteiger charge is -2.34. The zero-order valence-corrected chi connectivity index (χ0v) is 14.0. The Morgan fingerprint density at radius 3 is 2.00 bits per heavy atom. The fourth-order valence-corrected chi connectivity index (χ4v) is 2.67. The van der Waals surface area contributed by atoms with Crippen LogP contribution in [0.25, 0.3) is 0 Å². The van der Waals surface area contributed by atoms with Crippen LogP contribution in [0.1, 0.15) is 67.7 Å². The SMILES string of the molecule is CCCC(C)(C)CNC(=O)C(C)(C)CC(C)(C)CN. The van der Waals surface area contributed by atoms with Crippen molar-refractivity contribution < 1.29 is 4.79 Å². The van der Waals surface area contributed by atoms with E-state index in [0.29, 0.717) is 6.54 Å². The minimum atomic E-state index is -0.370. The van der Waals surface area contributed by atoms with E-state index in [1.807, 2.05) is 13.8 Å². The molecule has 0 aliphatic heterocycles. The molecule has 0 unspecified atom stereocenters. The van der Waals surface area contributed by atoms with Gasteiger partial charge in [0.1, 0.15) is 0 Å². The van der Waals surface area contributed by atoms with Crippen molar-refractivity contribution in [2.24, 2.45) is 22.0 Å². The van der Waals surface area contributed by atoms with E-state index in [4.69, 9.17) is 5.73 Å². The minimum Gasteiger partial charge on any atom is -0.355 e. The number of rotatable bonds is 8. The molecule has 0 bridgehead atoms. The molecule has 0 aliphatic carbocycles. The van der Waals surface area contributed by atoms with E-state index in [0.717, 1.165) is 25.8 Å². The Bertz CT molecular complexity index is 293. The van der Waals surface area contributed by atoms with Crippen molar-refractivity contribution >= 4 is 5.91 Å². The van der Waals surface area contributed by atoms with Crippen LogP contribution in [-0.2, 0) is 4.79 Å². The Balaban J connectivity index is 4.48. The summed E-state index contributed by atoms with van der Waals surface area (Å²) in [6, 6.07) is 0. The summed E-state index contributed by atoms with van der Waals surface area (Å²) in [5, 5.41) is 3.11. The van der Waals surface area contributed by atoms with Gasteiger partial charge >= 0.3 is 0 Å². The van der Waals surface area contributed by atoms with Gasteiger partial charge in [0.15, 0.2) is 0 Å². The molecule has 0 fully saturated rings. The lowest BCUT2D eigenvalue weighted by molar-refractivity contribution is -0.131. The predicted octanol–water partition coefficient (Wildman–Crippen LogP) is 3.33. The fraction of sp³-hybridized carbons (Fsp3) is 0.938. The molecule has 3 N–H and O–H groups in total. The van der Waals surface area contributed by atoms with Gasteiger partial charge in [0, 0.05) is 12.0 Å². The lowest BCUT2D eigenvalue weighted by atomic mass is 9.74. The summed E-state index contributed by atoms with van der Waals surface area (Å²) in [5.41, 5.74) is 5.57. The lowest BCUT2D eigenvalue weighted by Crippen LogP contribution is -2.44. The van der Waals surface area contributed by atoms with E-state index >= 15 is 0 Å². The Labute approximate surface area is 119 Å². The summed E-state index contributed by atoms with van der Waals surface area (Å²) < 4.78 is 0. The summed E-state index contributed by atoms with van der Waals surface area (Å²) in [5.74, 6) is 0.137. The van der Waals surface area contributed by atoms with Crippen LogP contribution in [0.2, 0.25) is 0 Å². The number of hydrogen-bond acceptors (Lipinski definition) is 2. The summed E-state index contributed by atoms with van der Waals surface area (Å²) in [7, 11) is 0. The summed E-state index contributed by atoms with van der Waals surface area (Å²) in [6.07, 6.45) is 3.07. The molecule has 0 atom stereocenters. The Kier molecular flexibility index (Phi) is 6.53. The first-order valence-corrected chi connectivity index (χ1v) is 7.44. The maximum Gasteiger partial charge on any atom is 0.225 e. The molecule has 0 aromatic heterocycles. The molecular weight excluding hydrogens is 236 g/mol. The summed E-state index contributed by atoms with van der Waals surface area (Å²) in [4.78, 5) is 12.4. The van der Waals surface area contributed by atoms with Crippen molar-refractivity contribution in [1.82, 2.24) is 5.32 Å². The highest BCUT2D eigenvalue weighted by molar-refractivity contribution is 5.81. The number of nitrogens with two attached hydrogens (primary N) is 1. The van der Waals surface area contributed by atoms with Crippen molar-refractivity contribution in [3.63, 3.8) is 0 Å². The van der Waals surface area contributed by atoms with Gasteiger partial charge < -0.3 is 11.1 Å². The molecule has 0 saturated carbocycles. The molecule has 0 saturated heterocycles. The summed E-state index contributed by atoms with van der Waals surface area (Å²) >= 11 is 0. The van der Waals surface area contributed by atoms with Crippen LogP contribution < -0.4 is 11.1 Å². The highest BCUT2D eigenvalue weighted by Gasteiger charge is 2.34. The van der Waals surface area contributed by atoms with Crippen LogP contribution in [0.3, 0.4) is 0 Å². The molecule has 0 aromatic carbocycles. The van der Waals surface area contributed by atoms with Crippen LogP contribution in [0, 0.1) is 16.2 Å². The number of nitrogens with one attached hydrogen (secondary N) is 1. The molecule has 0 heterocycles. The second kappa shape index (κ2) is 6.74. The van der Waals surface area contributed by atoms with Gasteiger partial charge in [-0.05, 0) is 30.2 Å². The molecule has 0 spiro atoms. The third kappa shape index (κ3) is 6.95. The molecule has 3 heteroatoms. The van der Waals surface area contributed by atoms with Gasteiger partial charge in [0.05, 0.1) is 0 Å². The second-order valence-corrected chi connectivity index (χ2v) is 8.03. The first kappa shape index (κ1) is 18.4. The maximum atomic E-state index is 12.4. The second-order valence-electron chi connectivity index (χ2n) is 8.03. The summed E-state index contributed by atoms with van der Waals surface area (Å²) in [6.45, 7) is 16.2. The predicted molar refractivity (Wildman–Crippen MR) is 82.9 cm³/mol. The van der Waals surface area contributed by atoms with Crippen molar-refractivity contribution in [2.75, 3.05) is 13.1 Å². The van der Waals surface area contributed by atoms with Gasteiger partial charge in [0.25, 0.3) is 0 Å². The Morgan fingerprint density at radius 2 is 1.58 bits per heavy atom. The zero-order valence-electron chi connectivity index (χ0n) is 14.0. The maximum absolute atomic E-state index is 12.4. The van der Waals surface area contributed by atoms with E-state index in [2.05, 4.69) is 39.9 Å². The van der Waals surface area contributed by atoms with E-state index in [1.54, 1.807) is 0 Å². The number of hydrogen-bond donors (Lipinski definition) is 2. The van der Waals surface area contributed by atoms with Gasteiger partial charge in [-0.15, -0.1) is 0 Å². The average molecular weight is 270 g/mol. The van der Waals surface area contributed by atoms with Crippen LogP contribution in [0.4, 0.5) is 0 Å². The van der Waals surface area contributed by atoms with Crippen molar-refractivity contribution in [2.45, 2.75) is 67.7 Å². The van der Waals surface area contributed by atoms with E-state index in [-0.39, 0.29) is 22.2 Å². The van der Waals surface area contributed by atoms with Crippen LogP contribution in [-0.4, -0.2) is 19.0 Å². The Morgan fingerprint density at radius 1 is 1.05 bits per heavy atom. The molecule has 0 rings (SSSR count). The smallest absolute Gasteiger partial charge is 0.225 e. The van der Waals surface area contributed by atoms with Gasteiger partial charge in [-0.3, -0.25) is 4.79 Å². The molecule has 0 radical (unpaired) electrons. The molecule has 3 nitrogen and oxygen atoms in total. The van der Waals surface area contributed by atoms with Gasteiger partial charge in [-0.25, -0.2) is 0 Å². The minimum absolute atomic E-state index is 0.000222. The third-order valence-corrected chi connectivity index (χ3v) is 3.74. The quantitative estimate of drug-likeness (QED) is 0.711. The molecule has 19 heavy (non-hydrogen) atoms. The molecule has 114 valence electrons. The zero-order chi connectivity index (χ0) is 15.3. The normalized spacial score (nSPS) is 13.5. The number of carbonyl (C=O) groups is 1. The first-order valence-electron chi connectivity index (χ1n) is 7.44. The standard InChI is InChI=1S/C16H34N2O/c1-8-9-14(2,3)12-18-13(19)16(6,7)10-15(4,5)11-17/h8-12,17H2,1-7H3,(H,18,19). The van der Waals surface area contributed by atoms with Crippen LogP contribution in [0.15, 0.2) is 0 Å². The highest BCUT2D eigenvalue weighted by atomic mass is 16.2. The highest BCUT2D eigenvalue weighted by Crippen LogP contribution is 2.33. The fourth-order valence-electron chi connectivity index (χ4n) is 2.67. The number of carbonyl (C=O) groups excluding carboxylic acids is 1. The third-order valence-electron chi connectivity index (χ3n) is 3.74. The van der Waals surface area contributed by atoms with Gasteiger partial charge in [-0.1, -0.05) is 54.9 Å². The van der Waals surface area contributed by atoms with Gasteiger partial charge in [-0.2, -0.15) is 0 Å². The number of amides is 1. The van der Waals surface area contributed by atoms with E-state index in [9.17, 15) is 4.79 Å². The van der Waals surface area contributed by atoms with Crippen molar-refractivity contribution in [3.8, 4) is 0 Å². The monoisotopic (exact) mass is 270 g/mol. The van der Waals surface area contributed by atoms with Crippen molar-refractivity contribution in [3.05, 3.63) is 0 Å². The largest absolute Gasteiger partial charge is 0.355 e. The average Bonchev–Trinajstić information content (AvgIpc) is 2.24. The Hall–Kier alpha value is -0.570. The van der Waals surface area contributed by atoms with E-state index < -0.39 is 0 Å². The molecule has 0 aromatic rings. The molecule has 1 amide bonds. The van der Waals surface area contributed by atoms with Crippen molar-refractivity contribution in [1.29, 1.82) is 0 Å². The molecule has 0 aliphatic rings. The first-order chi connectivity index (χ1) is 8.46. The van der Waals surface area contributed by atoms with Crippen LogP contribution >= 0.6 is 0 Å². The topological polar surface area (TPSA) is 55.1 Å². The van der Waals surface area contributed by atoms with E-state index in [1.165, 1.54) is 0 Å². The van der Waals surface area contributed by atoms with Crippen LogP contribution in [0.5, 0.6) is 0 Å². The molecular formula is C16H34N2O. The van der Waals surface area contributed by atoms with Gasteiger partial charge in [0.2, 0.25) is 5.91 Å².